The molecule has 0 radical (unpaired) electrons. The Hall–Kier alpha value is -1.87. The summed E-state index contributed by atoms with van der Waals surface area (Å²) >= 11 is 6.56. The summed E-state index contributed by atoms with van der Waals surface area (Å²) in [6.45, 7) is 2.10. The molecule has 0 unspecified atom stereocenters. The van der Waals surface area contributed by atoms with E-state index in [0.29, 0.717) is 0 Å². The van der Waals surface area contributed by atoms with E-state index in [1.54, 1.807) is 4.52 Å². The molecule has 0 bridgehead atoms. The minimum Gasteiger partial charge on any atom is -0.233 e. The van der Waals surface area contributed by atoms with E-state index < -0.39 is 0 Å². The van der Waals surface area contributed by atoms with Crippen molar-refractivity contribution in [2.75, 3.05) is 0 Å². The standard InChI is InChI=1S/C17H16ClN3/c1-11-6-2-3-7-12(11)15-10-16-19-14-9-5-4-8-13(14)17(18)21(16)20-15/h2-3,6-7,10H,4-5,8-9H2,1H3. The van der Waals surface area contributed by atoms with Crippen molar-refractivity contribution in [3.8, 4) is 11.3 Å². The quantitative estimate of drug-likeness (QED) is 0.629. The molecule has 2 aromatic heterocycles. The summed E-state index contributed by atoms with van der Waals surface area (Å²) in [4.78, 5) is 4.77. The molecule has 0 aliphatic heterocycles. The Morgan fingerprint density at radius 3 is 2.81 bits per heavy atom. The highest BCUT2D eigenvalue weighted by Gasteiger charge is 2.19. The molecule has 3 aromatic rings. The highest BCUT2D eigenvalue weighted by Crippen LogP contribution is 2.30. The molecule has 1 aromatic carbocycles. The first-order valence-corrected chi connectivity index (χ1v) is 7.75. The van der Waals surface area contributed by atoms with Crippen molar-refractivity contribution >= 4 is 17.2 Å². The maximum Gasteiger partial charge on any atom is 0.157 e. The number of fused-ring (bicyclic) bond motifs is 2. The smallest absolute Gasteiger partial charge is 0.157 e. The lowest BCUT2D eigenvalue weighted by molar-refractivity contribution is 0.660. The molecule has 0 N–H and O–H groups in total. The van der Waals surface area contributed by atoms with E-state index in [1.807, 2.05) is 18.2 Å². The average Bonchev–Trinajstić information content (AvgIpc) is 2.92. The highest BCUT2D eigenvalue weighted by molar-refractivity contribution is 6.30. The fourth-order valence-corrected chi connectivity index (χ4v) is 3.42. The van der Waals surface area contributed by atoms with E-state index in [1.165, 1.54) is 24.0 Å². The van der Waals surface area contributed by atoms with Gasteiger partial charge in [-0.1, -0.05) is 35.9 Å². The minimum atomic E-state index is 0.731. The lowest BCUT2D eigenvalue weighted by atomic mass is 9.97. The van der Waals surface area contributed by atoms with Crippen molar-refractivity contribution < 1.29 is 0 Å². The first-order chi connectivity index (χ1) is 10.2. The van der Waals surface area contributed by atoms with Crippen molar-refractivity contribution in [3.63, 3.8) is 0 Å². The van der Waals surface area contributed by atoms with Crippen LogP contribution in [0.2, 0.25) is 5.15 Å². The summed E-state index contributed by atoms with van der Waals surface area (Å²) in [6, 6.07) is 10.3. The lowest BCUT2D eigenvalue weighted by Crippen LogP contribution is -2.09. The molecule has 3 nitrogen and oxygen atoms in total. The second-order valence-corrected chi connectivity index (χ2v) is 6.01. The maximum absolute atomic E-state index is 6.56. The first-order valence-electron chi connectivity index (χ1n) is 7.37. The molecule has 0 atom stereocenters. The van der Waals surface area contributed by atoms with Crippen LogP contribution in [0.1, 0.15) is 29.7 Å². The van der Waals surface area contributed by atoms with Gasteiger partial charge in [0, 0.05) is 22.9 Å². The van der Waals surface area contributed by atoms with Gasteiger partial charge in [-0.05, 0) is 38.2 Å². The van der Waals surface area contributed by atoms with E-state index in [-0.39, 0.29) is 0 Å². The van der Waals surface area contributed by atoms with Gasteiger partial charge in [0.05, 0.1) is 5.69 Å². The van der Waals surface area contributed by atoms with Crippen LogP contribution in [-0.2, 0) is 12.8 Å². The fraction of sp³-hybridized carbons (Fsp3) is 0.294. The number of benzene rings is 1. The van der Waals surface area contributed by atoms with Gasteiger partial charge in [-0.25, -0.2) is 9.50 Å². The Labute approximate surface area is 128 Å². The topological polar surface area (TPSA) is 30.2 Å². The number of aromatic nitrogens is 3. The minimum absolute atomic E-state index is 0.731. The number of aryl methyl sites for hydroxylation is 2. The number of hydrogen-bond donors (Lipinski definition) is 0. The van der Waals surface area contributed by atoms with Crippen molar-refractivity contribution in [1.29, 1.82) is 0 Å². The van der Waals surface area contributed by atoms with Crippen LogP contribution in [0.15, 0.2) is 30.3 Å². The van der Waals surface area contributed by atoms with Crippen LogP contribution < -0.4 is 0 Å². The van der Waals surface area contributed by atoms with Crippen LogP contribution in [0.25, 0.3) is 16.9 Å². The largest absolute Gasteiger partial charge is 0.233 e. The fourth-order valence-electron chi connectivity index (χ4n) is 3.09. The molecule has 0 amide bonds. The maximum atomic E-state index is 6.56. The zero-order chi connectivity index (χ0) is 14.4. The SMILES string of the molecule is Cc1ccccc1-c1cc2nc3c(c(Cl)n2n1)CCCC3. The third-order valence-electron chi connectivity index (χ3n) is 4.23. The molecule has 0 saturated carbocycles. The summed E-state index contributed by atoms with van der Waals surface area (Å²) in [5, 5.41) is 5.40. The van der Waals surface area contributed by atoms with Gasteiger partial charge in [0.2, 0.25) is 0 Å². The van der Waals surface area contributed by atoms with Gasteiger partial charge in [-0.2, -0.15) is 5.10 Å². The van der Waals surface area contributed by atoms with Crippen LogP contribution >= 0.6 is 11.6 Å². The van der Waals surface area contributed by atoms with Gasteiger partial charge < -0.3 is 0 Å². The van der Waals surface area contributed by atoms with Crippen molar-refractivity contribution in [1.82, 2.24) is 14.6 Å². The molecule has 2 heterocycles. The Morgan fingerprint density at radius 1 is 1.14 bits per heavy atom. The van der Waals surface area contributed by atoms with Crippen LogP contribution in [-0.4, -0.2) is 14.6 Å². The summed E-state index contributed by atoms with van der Waals surface area (Å²) in [5.41, 5.74) is 6.45. The summed E-state index contributed by atoms with van der Waals surface area (Å²) in [6.07, 6.45) is 4.42. The Bertz CT molecular complexity index is 835. The summed E-state index contributed by atoms with van der Waals surface area (Å²) < 4.78 is 1.79. The molecule has 0 fully saturated rings. The molecular weight excluding hydrogens is 282 g/mol. The Kier molecular flexibility index (Phi) is 2.96. The number of rotatable bonds is 1. The normalized spacial score (nSPS) is 14.4. The highest BCUT2D eigenvalue weighted by atomic mass is 35.5. The van der Waals surface area contributed by atoms with Gasteiger partial charge in [0.1, 0.15) is 5.15 Å². The van der Waals surface area contributed by atoms with Crippen molar-refractivity contribution in [2.24, 2.45) is 0 Å². The van der Waals surface area contributed by atoms with Crippen LogP contribution in [0.4, 0.5) is 0 Å². The van der Waals surface area contributed by atoms with E-state index >= 15 is 0 Å². The molecule has 0 saturated heterocycles. The average molecular weight is 298 g/mol. The van der Waals surface area contributed by atoms with Crippen LogP contribution in [0, 0.1) is 6.92 Å². The summed E-state index contributed by atoms with van der Waals surface area (Å²) in [7, 11) is 0. The van der Waals surface area contributed by atoms with Gasteiger partial charge >= 0.3 is 0 Å². The Morgan fingerprint density at radius 2 is 1.95 bits per heavy atom. The first kappa shape index (κ1) is 12.8. The zero-order valence-electron chi connectivity index (χ0n) is 11.9. The number of halogens is 1. The molecule has 21 heavy (non-hydrogen) atoms. The molecular formula is C17H16ClN3. The van der Waals surface area contributed by atoms with E-state index in [0.717, 1.165) is 40.6 Å². The molecule has 1 aliphatic carbocycles. The van der Waals surface area contributed by atoms with Gasteiger partial charge in [0.15, 0.2) is 5.65 Å². The third-order valence-corrected chi connectivity index (χ3v) is 4.62. The predicted molar refractivity (Wildman–Crippen MR) is 84.8 cm³/mol. The molecule has 0 spiro atoms. The van der Waals surface area contributed by atoms with Gasteiger partial charge in [-0.3, -0.25) is 0 Å². The van der Waals surface area contributed by atoms with Crippen molar-refractivity contribution in [2.45, 2.75) is 32.6 Å². The molecule has 4 heteroatoms. The predicted octanol–water partition coefficient (Wildman–Crippen LogP) is 4.24. The van der Waals surface area contributed by atoms with E-state index in [9.17, 15) is 0 Å². The second kappa shape index (κ2) is 4.85. The Balaban J connectivity index is 1.95. The van der Waals surface area contributed by atoms with Crippen LogP contribution in [0.3, 0.4) is 0 Å². The van der Waals surface area contributed by atoms with Crippen molar-refractivity contribution in [3.05, 3.63) is 52.3 Å². The van der Waals surface area contributed by atoms with Gasteiger partial charge in [0.25, 0.3) is 0 Å². The third kappa shape index (κ3) is 2.04. The number of nitrogens with zero attached hydrogens (tertiary/aromatic N) is 3. The second-order valence-electron chi connectivity index (χ2n) is 5.65. The molecule has 106 valence electrons. The lowest BCUT2D eigenvalue weighted by Gasteiger charge is -2.16. The summed E-state index contributed by atoms with van der Waals surface area (Å²) in [5.74, 6) is 0. The van der Waals surface area contributed by atoms with E-state index in [4.69, 9.17) is 16.6 Å². The monoisotopic (exact) mass is 297 g/mol. The van der Waals surface area contributed by atoms with Gasteiger partial charge in [-0.15, -0.1) is 0 Å². The van der Waals surface area contributed by atoms with E-state index in [2.05, 4.69) is 24.2 Å². The molecule has 4 rings (SSSR count). The molecule has 1 aliphatic rings. The van der Waals surface area contributed by atoms with Crippen LogP contribution in [0.5, 0.6) is 0 Å². The number of hydrogen-bond acceptors (Lipinski definition) is 2. The zero-order valence-corrected chi connectivity index (χ0v) is 12.7.